The SMILES string of the molecule is Cc1cc(Br)cc(C(=O)N2CCCN3CCCC3C2)c1. The molecule has 0 spiro atoms. The Morgan fingerprint density at radius 1 is 1.20 bits per heavy atom. The second-order valence-corrected chi connectivity index (χ2v) is 6.87. The predicted octanol–water partition coefficient (Wildman–Crippen LogP) is 3.07. The summed E-state index contributed by atoms with van der Waals surface area (Å²) in [6.07, 6.45) is 3.61. The standard InChI is InChI=1S/C16H21BrN2O/c1-12-8-13(10-14(17)9-12)16(20)19-7-3-6-18-5-2-4-15(18)11-19/h8-10,15H,2-7,11H2,1H3. The van der Waals surface area contributed by atoms with Gasteiger partial charge in [-0.3, -0.25) is 9.69 Å². The molecule has 1 unspecified atom stereocenters. The molecule has 0 bridgehead atoms. The number of carbonyl (C=O) groups excluding carboxylic acids is 1. The van der Waals surface area contributed by atoms with Crippen molar-refractivity contribution in [1.82, 2.24) is 9.80 Å². The summed E-state index contributed by atoms with van der Waals surface area (Å²) >= 11 is 3.49. The van der Waals surface area contributed by atoms with Gasteiger partial charge < -0.3 is 4.90 Å². The van der Waals surface area contributed by atoms with E-state index in [0.29, 0.717) is 6.04 Å². The number of carbonyl (C=O) groups is 1. The van der Waals surface area contributed by atoms with Crippen molar-refractivity contribution in [1.29, 1.82) is 0 Å². The summed E-state index contributed by atoms with van der Waals surface area (Å²) in [6, 6.07) is 6.55. The molecule has 1 aromatic carbocycles. The number of halogens is 1. The zero-order chi connectivity index (χ0) is 14.1. The van der Waals surface area contributed by atoms with Crippen molar-refractivity contribution < 1.29 is 4.79 Å². The van der Waals surface area contributed by atoms with Crippen LogP contribution in [0.1, 0.15) is 35.2 Å². The van der Waals surface area contributed by atoms with E-state index in [-0.39, 0.29) is 5.91 Å². The Bertz CT molecular complexity index is 497. The van der Waals surface area contributed by atoms with E-state index in [1.165, 1.54) is 19.4 Å². The van der Waals surface area contributed by atoms with Gasteiger partial charge in [0, 0.05) is 35.7 Å². The summed E-state index contributed by atoms with van der Waals surface area (Å²) < 4.78 is 0.984. The van der Waals surface area contributed by atoms with Crippen molar-refractivity contribution in [3.05, 3.63) is 33.8 Å². The Labute approximate surface area is 129 Å². The van der Waals surface area contributed by atoms with Crippen LogP contribution < -0.4 is 0 Å². The molecule has 108 valence electrons. The smallest absolute Gasteiger partial charge is 0.253 e. The quantitative estimate of drug-likeness (QED) is 0.786. The summed E-state index contributed by atoms with van der Waals surface area (Å²) in [6.45, 7) is 6.17. The maximum atomic E-state index is 12.7. The second kappa shape index (κ2) is 5.86. The minimum absolute atomic E-state index is 0.183. The van der Waals surface area contributed by atoms with Gasteiger partial charge in [-0.25, -0.2) is 0 Å². The Hall–Kier alpha value is -0.870. The highest BCUT2D eigenvalue weighted by atomic mass is 79.9. The van der Waals surface area contributed by atoms with Gasteiger partial charge in [-0.2, -0.15) is 0 Å². The van der Waals surface area contributed by atoms with Gasteiger partial charge in [0.25, 0.3) is 5.91 Å². The third-order valence-electron chi connectivity index (χ3n) is 4.38. The van der Waals surface area contributed by atoms with Crippen LogP contribution in [0.25, 0.3) is 0 Å². The Balaban J connectivity index is 1.78. The highest BCUT2D eigenvalue weighted by molar-refractivity contribution is 9.10. The molecule has 2 saturated heterocycles. The highest BCUT2D eigenvalue weighted by Gasteiger charge is 2.30. The molecule has 3 nitrogen and oxygen atoms in total. The van der Waals surface area contributed by atoms with Gasteiger partial charge in [0.2, 0.25) is 0 Å². The van der Waals surface area contributed by atoms with Crippen molar-refractivity contribution in [2.24, 2.45) is 0 Å². The van der Waals surface area contributed by atoms with Gasteiger partial charge in [-0.1, -0.05) is 15.9 Å². The lowest BCUT2D eigenvalue weighted by atomic mass is 10.1. The van der Waals surface area contributed by atoms with Gasteiger partial charge in [0.1, 0.15) is 0 Å². The summed E-state index contributed by atoms with van der Waals surface area (Å²) in [5.41, 5.74) is 1.93. The minimum Gasteiger partial charge on any atom is -0.337 e. The topological polar surface area (TPSA) is 23.6 Å². The van der Waals surface area contributed by atoms with Gasteiger partial charge in [0.15, 0.2) is 0 Å². The monoisotopic (exact) mass is 336 g/mol. The number of hydrogen-bond donors (Lipinski definition) is 0. The van der Waals surface area contributed by atoms with E-state index in [9.17, 15) is 4.79 Å². The van der Waals surface area contributed by atoms with Crippen LogP contribution in [0.4, 0.5) is 0 Å². The first kappa shape index (κ1) is 14.1. The first-order valence-corrected chi connectivity index (χ1v) is 8.23. The van der Waals surface area contributed by atoms with Crippen LogP contribution in [-0.2, 0) is 0 Å². The van der Waals surface area contributed by atoms with E-state index < -0.39 is 0 Å². The van der Waals surface area contributed by atoms with E-state index >= 15 is 0 Å². The molecule has 0 radical (unpaired) electrons. The van der Waals surface area contributed by atoms with Crippen molar-refractivity contribution in [2.45, 2.75) is 32.2 Å². The Kier molecular flexibility index (Phi) is 4.13. The summed E-state index contributed by atoms with van der Waals surface area (Å²) in [7, 11) is 0. The predicted molar refractivity (Wildman–Crippen MR) is 84.0 cm³/mol. The molecule has 4 heteroatoms. The van der Waals surface area contributed by atoms with Gasteiger partial charge in [0.05, 0.1) is 0 Å². The number of rotatable bonds is 1. The van der Waals surface area contributed by atoms with Crippen molar-refractivity contribution in [2.75, 3.05) is 26.2 Å². The zero-order valence-electron chi connectivity index (χ0n) is 11.9. The number of hydrogen-bond acceptors (Lipinski definition) is 2. The lowest BCUT2D eigenvalue weighted by Crippen LogP contribution is -2.39. The van der Waals surface area contributed by atoms with E-state index in [2.05, 4.69) is 25.7 Å². The molecule has 2 aliphatic heterocycles. The van der Waals surface area contributed by atoms with Crippen LogP contribution >= 0.6 is 15.9 Å². The summed E-state index contributed by atoms with van der Waals surface area (Å²) in [5, 5.41) is 0. The number of amides is 1. The fourth-order valence-electron chi connectivity index (χ4n) is 3.43. The maximum Gasteiger partial charge on any atom is 0.253 e. The number of benzene rings is 1. The van der Waals surface area contributed by atoms with Crippen molar-refractivity contribution in [3.63, 3.8) is 0 Å². The van der Waals surface area contributed by atoms with Gasteiger partial charge in [-0.05, 0) is 56.5 Å². The molecule has 20 heavy (non-hydrogen) atoms. The van der Waals surface area contributed by atoms with E-state index in [0.717, 1.165) is 41.7 Å². The molecule has 0 N–H and O–H groups in total. The molecule has 2 fully saturated rings. The molecule has 3 rings (SSSR count). The number of nitrogens with zero attached hydrogens (tertiary/aromatic N) is 2. The molecule has 0 saturated carbocycles. The molecule has 0 aromatic heterocycles. The molecule has 0 aliphatic carbocycles. The third-order valence-corrected chi connectivity index (χ3v) is 4.84. The second-order valence-electron chi connectivity index (χ2n) is 5.95. The average Bonchev–Trinajstić information content (AvgIpc) is 2.74. The number of fused-ring (bicyclic) bond motifs is 1. The highest BCUT2D eigenvalue weighted by Crippen LogP contribution is 2.23. The third kappa shape index (κ3) is 2.91. The Morgan fingerprint density at radius 2 is 2.00 bits per heavy atom. The first-order valence-electron chi connectivity index (χ1n) is 7.44. The van der Waals surface area contributed by atoms with Crippen LogP contribution in [0.3, 0.4) is 0 Å². The lowest BCUT2D eigenvalue weighted by molar-refractivity contribution is 0.0743. The average molecular weight is 337 g/mol. The van der Waals surface area contributed by atoms with E-state index in [1.807, 2.05) is 25.1 Å². The van der Waals surface area contributed by atoms with Crippen LogP contribution in [0.15, 0.2) is 22.7 Å². The molecule has 2 heterocycles. The Morgan fingerprint density at radius 3 is 2.80 bits per heavy atom. The van der Waals surface area contributed by atoms with E-state index in [4.69, 9.17) is 0 Å². The van der Waals surface area contributed by atoms with E-state index in [1.54, 1.807) is 0 Å². The van der Waals surface area contributed by atoms with Crippen molar-refractivity contribution >= 4 is 21.8 Å². The van der Waals surface area contributed by atoms with Crippen LogP contribution in [0.5, 0.6) is 0 Å². The van der Waals surface area contributed by atoms with Gasteiger partial charge in [-0.15, -0.1) is 0 Å². The lowest BCUT2D eigenvalue weighted by Gasteiger charge is -2.26. The first-order chi connectivity index (χ1) is 9.63. The molecule has 1 amide bonds. The molecule has 1 aromatic rings. The molecular weight excluding hydrogens is 316 g/mol. The molecular formula is C16H21BrN2O. The maximum absolute atomic E-state index is 12.7. The van der Waals surface area contributed by atoms with Crippen molar-refractivity contribution in [3.8, 4) is 0 Å². The fourth-order valence-corrected chi connectivity index (χ4v) is 4.04. The van der Waals surface area contributed by atoms with Crippen LogP contribution in [0.2, 0.25) is 0 Å². The number of aryl methyl sites for hydroxylation is 1. The van der Waals surface area contributed by atoms with Gasteiger partial charge >= 0.3 is 0 Å². The summed E-state index contributed by atoms with van der Waals surface area (Å²) in [5.74, 6) is 0.183. The van der Waals surface area contributed by atoms with Crippen LogP contribution in [-0.4, -0.2) is 47.9 Å². The largest absolute Gasteiger partial charge is 0.337 e. The van der Waals surface area contributed by atoms with Crippen LogP contribution in [0, 0.1) is 6.92 Å². The minimum atomic E-state index is 0.183. The molecule has 1 atom stereocenters. The molecule has 2 aliphatic rings. The zero-order valence-corrected chi connectivity index (χ0v) is 13.5. The normalized spacial score (nSPS) is 23.5. The fraction of sp³-hybridized carbons (Fsp3) is 0.562. The summed E-state index contributed by atoms with van der Waals surface area (Å²) in [4.78, 5) is 17.3.